The minimum absolute atomic E-state index is 0.143. The smallest absolute Gasteiger partial charge is 0.272 e. The van der Waals surface area contributed by atoms with E-state index >= 15 is 0 Å². The monoisotopic (exact) mass is 252 g/mol. The maximum atomic E-state index is 10.8. The SMILES string of the molecule is Cc1cc(N(CCCO)C(C)C)ccc1[N+](=O)[O-]. The van der Waals surface area contributed by atoms with Gasteiger partial charge in [-0.25, -0.2) is 0 Å². The number of hydrogen-bond acceptors (Lipinski definition) is 4. The Morgan fingerprint density at radius 1 is 1.44 bits per heavy atom. The molecule has 0 heterocycles. The molecule has 5 nitrogen and oxygen atoms in total. The van der Waals surface area contributed by atoms with Crippen molar-refractivity contribution in [2.75, 3.05) is 18.1 Å². The Labute approximate surface area is 107 Å². The molecule has 1 rings (SSSR count). The van der Waals surface area contributed by atoms with E-state index in [9.17, 15) is 10.1 Å². The Balaban J connectivity index is 2.99. The third-order valence-corrected chi connectivity index (χ3v) is 2.89. The average molecular weight is 252 g/mol. The molecule has 0 fully saturated rings. The topological polar surface area (TPSA) is 66.6 Å². The van der Waals surface area contributed by atoms with Crippen molar-refractivity contribution in [3.63, 3.8) is 0 Å². The van der Waals surface area contributed by atoms with Gasteiger partial charge < -0.3 is 10.0 Å². The number of aryl methyl sites for hydroxylation is 1. The highest BCUT2D eigenvalue weighted by molar-refractivity contribution is 5.55. The Kier molecular flexibility index (Phi) is 5.09. The summed E-state index contributed by atoms with van der Waals surface area (Å²) in [6.45, 7) is 6.76. The van der Waals surface area contributed by atoms with Crippen LogP contribution in [-0.2, 0) is 0 Å². The lowest BCUT2D eigenvalue weighted by molar-refractivity contribution is -0.385. The molecule has 0 aliphatic heterocycles. The summed E-state index contributed by atoms with van der Waals surface area (Å²) in [4.78, 5) is 12.5. The molecule has 0 unspecified atom stereocenters. The van der Waals surface area contributed by atoms with E-state index in [0.29, 0.717) is 12.0 Å². The number of aliphatic hydroxyl groups excluding tert-OH is 1. The first-order valence-corrected chi connectivity index (χ1v) is 6.10. The number of rotatable bonds is 6. The number of benzene rings is 1. The lowest BCUT2D eigenvalue weighted by atomic mass is 10.1. The zero-order valence-corrected chi connectivity index (χ0v) is 11.1. The predicted molar refractivity (Wildman–Crippen MR) is 72.0 cm³/mol. The second-order valence-corrected chi connectivity index (χ2v) is 4.59. The minimum atomic E-state index is -0.369. The van der Waals surface area contributed by atoms with Crippen LogP contribution in [0.4, 0.5) is 11.4 Å². The van der Waals surface area contributed by atoms with Gasteiger partial charge in [0.25, 0.3) is 5.69 Å². The van der Waals surface area contributed by atoms with Crippen LogP contribution >= 0.6 is 0 Å². The van der Waals surface area contributed by atoms with Crippen molar-refractivity contribution in [1.82, 2.24) is 0 Å². The lowest BCUT2D eigenvalue weighted by Gasteiger charge is -2.29. The average Bonchev–Trinajstić information content (AvgIpc) is 2.28. The first kappa shape index (κ1) is 14.4. The fourth-order valence-electron chi connectivity index (χ4n) is 1.95. The summed E-state index contributed by atoms with van der Waals surface area (Å²) in [5, 5.41) is 19.7. The molecule has 5 heteroatoms. The normalized spacial score (nSPS) is 10.7. The van der Waals surface area contributed by atoms with Crippen LogP contribution in [-0.4, -0.2) is 29.2 Å². The summed E-state index contributed by atoms with van der Waals surface area (Å²) in [6, 6.07) is 5.43. The summed E-state index contributed by atoms with van der Waals surface area (Å²) in [7, 11) is 0. The third-order valence-electron chi connectivity index (χ3n) is 2.89. The molecule has 1 N–H and O–H groups in total. The van der Waals surface area contributed by atoms with Crippen molar-refractivity contribution in [1.29, 1.82) is 0 Å². The Morgan fingerprint density at radius 3 is 2.56 bits per heavy atom. The Hall–Kier alpha value is -1.62. The number of hydrogen-bond donors (Lipinski definition) is 1. The second-order valence-electron chi connectivity index (χ2n) is 4.59. The zero-order valence-electron chi connectivity index (χ0n) is 11.1. The van der Waals surface area contributed by atoms with Gasteiger partial charge in [-0.2, -0.15) is 0 Å². The van der Waals surface area contributed by atoms with Crippen molar-refractivity contribution in [2.45, 2.75) is 33.2 Å². The van der Waals surface area contributed by atoms with Crippen molar-refractivity contribution in [3.05, 3.63) is 33.9 Å². The number of nitrogens with zero attached hydrogens (tertiary/aromatic N) is 2. The fraction of sp³-hybridized carbons (Fsp3) is 0.538. The van der Waals surface area contributed by atoms with Crippen LogP contribution in [0.15, 0.2) is 18.2 Å². The molecule has 1 aromatic carbocycles. The minimum Gasteiger partial charge on any atom is -0.396 e. The van der Waals surface area contributed by atoms with Crippen molar-refractivity contribution in [2.24, 2.45) is 0 Å². The molecule has 0 saturated heterocycles. The van der Waals surface area contributed by atoms with E-state index in [2.05, 4.69) is 18.7 Å². The summed E-state index contributed by atoms with van der Waals surface area (Å²) in [6.07, 6.45) is 0.689. The van der Waals surface area contributed by atoms with Crippen molar-refractivity contribution >= 4 is 11.4 Å². The first-order valence-electron chi connectivity index (χ1n) is 6.10. The van der Waals surface area contributed by atoms with E-state index in [-0.39, 0.29) is 23.3 Å². The van der Waals surface area contributed by atoms with Gasteiger partial charge in [-0.05, 0) is 39.3 Å². The summed E-state index contributed by atoms with van der Waals surface area (Å²) < 4.78 is 0. The highest BCUT2D eigenvalue weighted by atomic mass is 16.6. The van der Waals surface area contributed by atoms with Crippen LogP contribution in [0.25, 0.3) is 0 Å². The summed E-state index contributed by atoms with van der Waals surface area (Å²) in [5.74, 6) is 0. The molecule has 0 aliphatic rings. The molecule has 100 valence electrons. The van der Waals surface area contributed by atoms with Crippen LogP contribution in [0.1, 0.15) is 25.8 Å². The van der Waals surface area contributed by atoms with Gasteiger partial charge in [0.1, 0.15) is 0 Å². The number of aliphatic hydroxyl groups is 1. The quantitative estimate of drug-likeness (QED) is 0.624. The van der Waals surface area contributed by atoms with Gasteiger partial charge in [0.05, 0.1) is 4.92 Å². The van der Waals surface area contributed by atoms with Gasteiger partial charge in [-0.3, -0.25) is 10.1 Å². The Morgan fingerprint density at radius 2 is 2.11 bits per heavy atom. The van der Waals surface area contributed by atoms with Crippen molar-refractivity contribution < 1.29 is 10.0 Å². The highest BCUT2D eigenvalue weighted by Crippen LogP contribution is 2.25. The predicted octanol–water partition coefficient (Wildman–Crippen LogP) is 2.50. The molecule has 0 atom stereocenters. The summed E-state index contributed by atoms with van der Waals surface area (Å²) in [5.41, 5.74) is 1.76. The van der Waals surface area contributed by atoms with E-state index in [4.69, 9.17) is 5.11 Å². The van der Waals surface area contributed by atoms with Crippen molar-refractivity contribution in [3.8, 4) is 0 Å². The molecule has 0 radical (unpaired) electrons. The fourth-order valence-corrected chi connectivity index (χ4v) is 1.95. The van der Waals surface area contributed by atoms with Gasteiger partial charge in [0, 0.05) is 36.5 Å². The number of nitro groups is 1. The van der Waals surface area contributed by atoms with E-state index < -0.39 is 0 Å². The van der Waals surface area contributed by atoms with Crippen LogP contribution in [0, 0.1) is 17.0 Å². The van der Waals surface area contributed by atoms with Crippen LogP contribution in [0.5, 0.6) is 0 Å². The molecular formula is C13H20N2O3. The molecule has 0 bridgehead atoms. The summed E-state index contributed by atoms with van der Waals surface area (Å²) >= 11 is 0. The lowest BCUT2D eigenvalue weighted by Crippen LogP contribution is -2.32. The van der Waals surface area contributed by atoms with Crippen LogP contribution in [0.2, 0.25) is 0 Å². The number of anilines is 1. The number of nitro benzene ring substituents is 1. The van der Waals surface area contributed by atoms with E-state index in [1.54, 1.807) is 19.1 Å². The molecule has 1 aromatic rings. The molecule has 0 aromatic heterocycles. The van der Waals surface area contributed by atoms with E-state index in [1.165, 1.54) is 0 Å². The van der Waals surface area contributed by atoms with Gasteiger partial charge >= 0.3 is 0 Å². The van der Waals surface area contributed by atoms with Gasteiger partial charge in [0.15, 0.2) is 0 Å². The third kappa shape index (κ3) is 3.43. The molecule has 0 aliphatic carbocycles. The largest absolute Gasteiger partial charge is 0.396 e. The maximum absolute atomic E-state index is 10.8. The van der Waals surface area contributed by atoms with Gasteiger partial charge in [0.2, 0.25) is 0 Å². The Bertz CT molecular complexity index is 419. The van der Waals surface area contributed by atoms with E-state index in [0.717, 1.165) is 12.2 Å². The molecule has 0 spiro atoms. The zero-order chi connectivity index (χ0) is 13.7. The van der Waals surface area contributed by atoms with Crippen LogP contribution in [0.3, 0.4) is 0 Å². The van der Waals surface area contributed by atoms with Gasteiger partial charge in [-0.1, -0.05) is 0 Å². The standard InChI is InChI=1S/C13H20N2O3/c1-10(2)14(7-4-8-16)12-5-6-13(15(17)18)11(3)9-12/h5-6,9-10,16H,4,7-8H2,1-3H3. The molecular weight excluding hydrogens is 232 g/mol. The first-order chi connectivity index (χ1) is 8.47. The van der Waals surface area contributed by atoms with Gasteiger partial charge in [-0.15, -0.1) is 0 Å². The molecule has 0 amide bonds. The molecule has 0 saturated carbocycles. The second kappa shape index (κ2) is 6.35. The molecule has 18 heavy (non-hydrogen) atoms. The van der Waals surface area contributed by atoms with E-state index in [1.807, 2.05) is 6.07 Å². The maximum Gasteiger partial charge on any atom is 0.272 e. The van der Waals surface area contributed by atoms with Crippen LogP contribution < -0.4 is 4.90 Å². The highest BCUT2D eigenvalue weighted by Gasteiger charge is 2.15.